The van der Waals surface area contributed by atoms with E-state index in [0.717, 1.165) is 19.3 Å². The van der Waals surface area contributed by atoms with E-state index in [2.05, 4.69) is 13.8 Å². The molecule has 0 aromatic rings. The fraction of sp³-hybridized carbons (Fsp3) is 1.00. The van der Waals surface area contributed by atoms with Crippen LogP contribution in [-0.4, -0.2) is 45.3 Å². The normalized spacial score (nSPS) is 47.7. The fourth-order valence-corrected chi connectivity index (χ4v) is 4.31. The van der Waals surface area contributed by atoms with E-state index in [9.17, 15) is 20.4 Å². The van der Waals surface area contributed by atoms with E-state index in [0.29, 0.717) is 12.3 Å². The van der Waals surface area contributed by atoms with Crippen LogP contribution in [0.25, 0.3) is 0 Å². The fourth-order valence-electron chi connectivity index (χ4n) is 4.31. The summed E-state index contributed by atoms with van der Waals surface area (Å²) >= 11 is 0. The molecule has 18 heavy (non-hydrogen) atoms. The minimum Gasteiger partial charge on any atom is -0.396 e. The number of fused-ring (bicyclic) bond motifs is 1. The van der Waals surface area contributed by atoms with Gasteiger partial charge in [0.15, 0.2) is 0 Å². The van der Waals surface area contributed by atoms with Gasteiger partial charge >= 0.3 is 0 Å². The Kier molecular flexibility index (Phi) is 3.76. The predicted molar refractivity (Wildman–Crippen MR) is 67.8 cm³/mol. The molecule has 2 rings (SSSR count). The first-order chi connectivity index (χ1) is 8.36. The van der Waals surface area contributed by atoms with Crippen molar-refractivity contribution in [3.8, 4) is 0 Å². The molecule has 0 saturated heterocycles. The lowest BCUT2D eigenvalue weighted by molar-refractivity contribution is -0.216. The summed E-state index contributed by atoms with van der Waals surface area (Å²) in [7, 11) is 0. The van der Waals surface area contributed by atoms with Crippen LogP contribution in [0, 0.1) is 23.2 Å². The van der Waals surface area contributed by atoms with Gasteiger partial charge in [0.1, 0.15) is 5.60 Å². The summed E-state index contributed by atoms with van der Waals surface area (Å²) in [6.45, 7) is 3.75. The van der Waals surface area contributed by atoms with E-state index in [1.54, 1.807) is 0 Å². The summed E-state index contributed by atoms with van der Waals surface area (Å²) in [5, 5.41) is 39.7. The van der Waals surface area contributed by atoms with Crippen LogP contribution in [0.1, 0.15) is 39.5 Å². The van der Waals surface area contributed by atoms with Crippen LogP contribution in [0.15, 0.2) is 0 Å². The highest BCUT2D eigenvalue weighted by molar-refractivity contribution is 5.06. The SMILES string of the molecule is CC1(C)CCC[C@H]2[C@H]1C[C@@H](O)[C@](O)(CO)[C@@H]2CO. The number of rotatable bonds is 2. The maximum absolute atomic E-state index is 10.5. The molecule has 106 valence electrons. The minimum absolute atomic E-state index is 0.133. The van der Waals surface area contributed by atoms with Crippen LogP contribution < -0.4 is 0 Å². The number of aliphatic hydroxyl groups is 4. The van der Waals surface area contributed by atoms with Gasteiger partial charge in [-0.2, -0.15) is 0 Å². The predicted octanol–water partition coefficient (Wildman–Crippen LogP) is 0.525. The third kappa shape index (κ3) is 1.99. The third-order valence-electron chi connectivity index (χ3n) is 5.54. The summed E-state index contributed by atoms with van der Waals surface area (Å²) < 4.78 is 0. The maximum Gasteiger partial charge on any atom is 0.119 e. The number of hydrogen-bond donors (Lipinski definition) is 4. The zero-order valence-electron chi connectivity index (χ0n) is 11.3. The second-order valence-electron chi connectivity index (χ2n) is 6.84. The highest BCUT2D eigenvalue weighted by Crippen LogP contribution is 2.54. The second kappa shape index (κ2) is 4.75. The molecular formula is C14H26O4. The van der Waals surface area contributed by atoms with Crippen LogP contribution >= 0.6 is 0 Å². The summed E-state index contributed by atoms with van der Waals surface area (Å²) in [4.78, 5) is 0. The third-order valence-corrected chi connectivity index (χ3v) is 5.54. The van der Waals surface area contributed by atoms with Gasteiger partial charge < -0.3 is 20.4 Å². The maximum atomic E-state index is 10.5. The van der Waals surface area contributed by atoms with Crippen LogP contribution in [0.5, 0.6) is 0 Å². The first-order valence-corrected chi connectivity index (χ1v) is 6.99. The molecule has 2 aliphatic carbocycles. The second-order valence-corrected chi connectivity index (χ2v) is 6.84. The molecule has 2 saturated carbocycles. The molecule has 0 aliphatic heterocycles. The van der Waals surface area contributed by atoms with E-state index in [-0.39, 0.29) is 17.9 Å². The quantitative estimate of drug-likeness (QED) is 0.582. The molecule has 2 fully saturated rings. The minimum atomic E-state index is -1.54. The average Bonchev–Trinajstić information content (AvgIpc) is 2.32. The summed E-state index contributed by atoms with van der Waals surface area (Å²) in [5.74, 6) is 0.0837. The van der Waals surface area contributed by atoms with Crippen LogP contribution in [0.3, 0.4) is 0 Å². The molecule has 0 amide bonds. The molecule has 0 unspecified atom stereocenters. The van der Waals surface area contributed by atoms with Gasteiger partial charge in [-0.05, 0) is 36.5 Å². The van der Waals surface area contributed by atoms with Gasteiger partial charge in [-0.1, -0.05) is 20.3 Å². The molecule has 4 nitrogen and oxygen atoms in total. The number of hydrogen-bond acceptors (Lipinski definition) is 4. The zero-order chi connectivity index (χ0) is 13.6. The van der Waals surface area contributed by atoms with Crippen LogP contribution in [0.4, 0.5) is 0 Å². The number of aliphatic hydroxyl groups excluding tert-OH is 3. The Morgan fingerprint density at radius 2 is 1.89 bits per heavy atom. The highest BCUT2D eigenvalue weighted by Gasteiger charge is 2.56. The summed E-state index contributed by atoms with van der Waals surface area (Å²) in [6, 6.07) is 0. The van der Waals surface area contributed by atoms with Gasteiger partial charge in [-0.3, -0.25) is 0 Å². The first-order valence-electron chi connectivity index (χ1n) is 6.99. The van der Waals surface area contributed by atoms with Crippen molar-refractivity contribution in [1.29, 1.82) is 0 Å². The monoisotopic (exact) mass is 258 g/mol. The van der Waals surface area contributed by atoms with Crippen molar-refractivity contribution in [2.45, 2.75) is 51.2 Å². The first kappa shape index (κ1) is 14.3. The van der Waals surface area contributed by atoms with Gasteiger partial charge in [-0.25, -0.2) is 0 Å². The average molecular weight is 258 g/mol. The van der Waals surface area contributed by atoms with Crippen molar-refractivity contribution >= 4 is 0 Å². The molecule has 4 N–H and O–H groups in total. The van der Waals surface area contributed by atoms with Gasteiger partial charge in [0.05, 0.1) is 12.7 Å². The molecule has 5 atom stereocenters. The van der Waals surface area contributed by atoms with Gasteiger partial charge in [0.25, 0.3) is 0 Å². The molecule has 0 radical (unpaired) electrons. The Balaban J connectivity index is 2.32. The molecule has 4 heteroatoms. The Labute approximate surface area is 109 Å². The summed E-state index contributed by atoms with van der Waals surface area (Å²) in [5.41, 5.74) is -1.41. The van der Waals surface area contributed by atoms with Crippen molar-refractivity contribution < 1.29 is 20.4 Å². The van der Waals surface area contributed by atoms with E-state index >= 15 is 0 Å². The van der Waals surface area contributed by atoms with Crippen molar-refractivity contribution in [1.82, 2.24) is 0 Å². The van der Waals surface area contributed by atoms with Crippen molar-refractivity contribution in [2.24, 2.45) is 23.2 Å². The van der Waals surface area contributed by atoms with E-state index in [1.165, 1.54) is 0 Å². The molecule has 0 bridgehead atoms. The van der Waals surface area contributed by atoms with Crippen molar-refractivity contribution in [3.05, 3.63) is 0 Å². The van der Waals surface area contributed by atoms with Crippen LogP contribution in [0.2, 0.25) is 0 Å². The van der Waals surface area contributed by atoms with Gasteiger partial charge in [0.2, 0.25) is 0 Å². The Hall–Kier alpha value is -0.160. The van der Waals surface area contributed by atoms with E-state index in [1.807, 2.05) is 0 Å². The van der Waals surface area contributed by atoms with E-state index in [4.69, 9.17) is 0 Å². The Morgan fingerprint density at radius 3 is 2.44 bits per heavy atom. The van der Waals surface area contributed by atoms with E-state index < -0.39 is 24.2 Å². The van der Waals surface area contributed by atoms with Crippen molar-refractivity contribution in [3.63, 3.8) is 0 Å². The molecular weight excluding hydrogens is 232 g/mol. The summed E-state index contributed by atoms with van der Waals surface area (Å²) in [6.07, 6.45) is 2.75. The lowest BCUT2D eigenvalue weighted by Gasteiger charge is -2.56. The van der Waals surface area contributed by atoms with Gasteiger partial charge in [-0.15, -0.1) is 0 Å². The van der Waals surface area contributed by atoms with Crippen LogP contribution in [-0.2, 0) is 0 Å². The lowest BCUT2D eigenvalue weighted by Crippen LogP contribution is -2.63. The molecule has 0 heterocycles. The smallest absolute Gasteiger partial charge is 0.119 e. The Morgan fingerprint density at radius 1 is 1.22 bits per heavy atom. The Bertz CT molecular complexity index is 304. The molecule has 0 aromatic carbocycles. The van der Waals surface area contributed by atoms with Crippen molar-refractivity contribution in [2.75, 3.05) is 13.2 Å². The largest absolute Gasteiger partial charge is 0.396 e. The van der Waals surface area contributed by atoms with Gasteiger partial charge in [0, 0.05) is 12.5 Å². The lowest BCUT2D eigenvalue weighted by atomic mass is 9.52. The zero-order valence-corrected chi connectivity index (χ0v) is 11.3. The highest BCUT2D eigenvalue weighted by atomic mass is 16.4. The topological polar surface area (TPSA) is 80.9 Å². The molecule has 0 spiro atoms. The molecule has 0 aromatic heterocycles. The molecule has 2 aliphatic rings. The standard InChI is InChI=1S/C14H26O4/c1-13(2)5-3-4-9-10(13)6-12(17)14(18,8-16)11(9)7-15/h9-12,15-18H,3-8H2,1-2H3/t9-,10+,11+,12+,14-/m0/s1.